The van der Waals surface area contributed by atoms with Crippen LogP contribution in [-0.2, 0) is 9.59 Å². The second-order valence-electron chi connectivity index (χ2n) is 5.05. The van der Waals surface area contributed by atoms with E-state index in [0.717, 1.165) is 5.56 Å². The molecule has 0 unspecified atom stereocenters. The van der Waals surface area contributed by atoms with E-state index in [9.17, 15) is 9.59 Å². The molecule has 2 amide bonds. The third-order valence-corrected chi connectivity index (χ3v) is 3.51. The molecule has 120 valence electrons. The largest absolute Gasteiger partial charge is 0.273 e. The summed E-state index contributed by atoms with van der Waals surface area (Å²) in [7, 11) is 0. The van der Waals surface area contributed by atoms with Gasteiger partial charge in [-0.1, -0.05) is 41.9 Å². The normalized spacial score (nSPS) is 18.0. The maximum atomic E-state index is 11.7. The van der Waals surface area contributed by atoms with Gasteiger partial charge in [0.25, 0.3) is 0 Å². The molecule has 0 fully saturated rings. The number of hydrazone groups is 2. The number of rotatable bonds is 6. The van der Waals surface area contributed by atoms with Crippen LogP contribution in [0.4, 0.5) is 0 Å². The lowest BCUT2D eigenvalue weighted by Gasteiger charge is -2.06. The molecule has 0 aliphatic carbocycles. The molecule has 1 aliphatic heterocycles. The van der Waals surface area contributed by atoms with E-state index in [2.05, 4.69) is 21.1 Å². The molecule has 1 atom stereocenters. The zero-order valence-electron chi connectivity index (χ0n) is 12.6. The quantitative estimate of drug-likeness (QED) is 0.618. The Morgan fingerprint density at radius 3 is 2.83 bits per heavy atom. The molecule has 0 saturated heterocycles. The van der Waals surface area contributed by atoms with Crippen molar-refractivity contribution in [1.82, 2.24) is 10.9 Å². The fraction of sp³-hybridized carbons (Fsp3) is 0.250. The standard InChI is InChI=1S/C16H17ClN4O2/c1-11-14(16(23)21-19-11)7-8-15(22)20-18-10-13(17)9-12-5-3-2-4-6-12/h2-6,9-10,14H,7-8H2,1H3,(H,20,22)(H,21,23)/b13-9-,18-10?/t14-/m1/s1. The Kier molecular flexibility index (Phi) is 6.05. The van der Waals surface area contributed by atoms with Gasteiger partial charge in [-0.05, 0) is 25.0 Å². The first kappa shape index (κ1) is 16.9. The predicted molar refractivity (Wildman–Crippen MR) is 90.9 cm³/mol. The molecule has 0 spiro atoms. The first-order chi connectivity index (χ1) is 11.1. The fourth-order valence-corrected chi connectivity index (χ4v) is 2.25. The molecular formula is C16H17ClN4O2. The average molecular weight is 333 g/mol. The van der Waals surface area contributed by atoms with Crippen molar-refractivity contribution in [2.24, 2.45) is 16.1 Å². The lowest BCUT2D eigenvalue weighted by Crippen LogP contribution is -2.25. The third kappa shape index (κ3) is 5.34. The van der Waals surface area contributed by atoms with Crippen LogP contribution >= 0.6 is 11.6 Å². The van der Waals surface area contributed by atoms with Crippen molar-refractivity contribution in [2.45, 2.75) is 19.8 Å². The summed E-state index contributed by atoms with van der Waals surface area (Å²) in [6, 6.07) is 9.53. The van der Waals surface area contributed by atoms with E-state index in [-0.39, 0.29) is 24.2 Å². The lowest BCUT2D eigenvalue weighted by molar-refractivity contribution is -0.123. The van der Waals surface area contributed by atoms with E-state index in [1.807, 2.05) is 30.3 Å². The second kappa shape index (κ2) is 8.24. The second-order valence-corrected chi connectivity index (χ2v) is 5.49. The number of hydrogen-bond donors (Lipinski definition) is 2. The highest BCUT2D eigenvalue weighted by Gasteiger charge is 2.26. The van der Waals surface area contributed by atoms with Crippen molar-refractivity contribution in [2.75, 3.05) is 0 Å². The van der Waals surface area contributed by atoms with Gasteiger partial charge in [-0.3, -0.25) is 9.59 Å². The van der Waals surface area contributed by atoms with Crippen LogP contribution in [0.2, 0.25) is 0 Å². The van der Waals surface area contributed by atoms with Gasteiger partial charge in [0.2, 0.25) is 11.8 Å². The number of carbonyl (C=O) groups excluding carboxylic acids is 2. The maximum Gasteiger partial charge on any atom is 0.248 e. The van der Waals surface area contributed by atoms with E-state index in [1.165, 1.54) is 6.21 Å². The van der Waals surface area contributed by atoms with Crippen molar-refractivity contribution in [3.8, 4) is 0 Å². The van der Waals surface area contributed by atoms with Crippen molar-refractivity contribution < 1.29 is 9.59 Å². The monoisotopic (exact) mass is 332 g/mol. The number of nitrogens with one attached hydrogen (secondary N) is 2. The highest BCUT2D eigenvalue weighted by molar-refractivity contribution is 6.41. The van der Waals surface area contributed by atoms with Crippen LogP contribution in [0.25, 0.3) is 6.08 Å². The summed E-state index contributed by atoms with van der Waals surface area (Å²) in [6.45, 7) is 1.76. The summed E-state index contributed by atoms with van der Waals surface area (Å²) in [5.41, 5.74) is 6.41. The molecule has 2 rings (SSSR count). The number of hydrogen-bond acceptors (Lipinski definition) is 4. The van der Waals surface area contributed by atoms with E-state index >= 15 is 0 Å². The van der Waals surface area contributed by atoms with Crippen LogP contribution < -0.4 is 10.9 Å². The highest BCUT2D eigenvalue weighted by atomic mass is 35.5. The van der Waals surface area contributed by atoms with Crippen molar-refractivity contribution >= 4 is 41.4 Å². The number of amides is 2. The Balaban J connectivity index is 1.77. The molecule has 1 aromatic carbocycles. The molecule has 1 aliphatic rings. The number of allylic oxidation sites excluding steroid dienone is 1. The number of carbonyl (C=O) groups is 2. The zero-order valence-corrected chi connectivity index (χ0v) is 13.4. The number of benzene rings is 1. The maximum absolute atomic E-state index is 11.7. The fourth-order valence-electron chi connectivity index (χ4n) is 2.07. The Bertz CT molecular complexity index is 668. The summed E-state index contributed by atoms with van der Waals surface area (Å²) in [5, 5.41) is 8.03. The highest BCUT2D eigenvalue weighted by Crippen LogP contribution is 2.13. The third-order valence-electron chi connectivity index (χ3n) is 3.30. The molecule has 0 bridgehead atoms. The summed E-state index contributed by atoms with van der Waals surface area (Å²) in [5.74, 6) is -0.795. The van der Waals surface area contributed by atoms with E-state index in [1.54, 1.807) is 13.0 Å². The summed E-state index contributed by atoms with van der Waals surface area (Å²) >= 11 is 6.01. The van der Waals surface area contributed by atoms with Gasteiger partial charge in [-0.25, -0.2) is 10.9 Å². The van der Waals surface area contributed by atoms with E-state index in [4.69, 9.17) is 11.6 Å². The summed E-state index contributed by atoms with van der Waals surface area (Å²) in [4.78, 5) is 23.2. The zero-order chi connectivity index (χ0) is 16.7. The Hall–Kier alpha value is -2.47. The van der Waals surface area contributed by atoms with Crippen LogP contribution in [-0.4, -0.2) is 23.7 Å². The van der Waals surface area contributed by atoms with Gasteiger partial charge in [0.15, 0.2) is 0 Å². The van der Waals surface area contributed by atoms with Crippen molar-refractivity contribution in [3.05, 3.63) is 40.9 Å². The lowest BCUT2D eigenvalue weighted by atomic mass is 9.99. The van der Waals surface area contributed by atoms with E-state index < -0.39 is 0 Å². The predicted octanol–water partition coefficient (Wildman–Crippen LogP) is 2.27. The molecule has 0 radical (unpaired) electrons. The van der Waals surface area contributed by atoms with Gasteiger partial charge in [-0.15, -0.1) is 0 Å². The van der Waals surface area contributed by atoms with Gasteiger partial charge in [-0.2, -0.15) is 10.2 Å². The molecule has 0 aromatic heterocycles. The van der Waals surface area contributed by atoms with Crippen LogP contribution in [0.3, 0.4) is 0 Å². The van der Waals surface area contributed by atoms with Crippen LogP contribution in [0, 0.1) is 5.92 Å². The van der Waals surface area contributed by atoms with Gasteiger partial charge < -0.3 is 0 Å². The summed E-state index contributed by atoms with van der Waals surface area (Å²) < 4.78 is 0. The first-order valence-electron chi connectivity index (χ1n) is 7.14. The molecular weight excluding hydrogens is 316 g/mol. The van der Waals surface area contributed by atoms with Gasteiger partial charge in [0.1, 0.15) is 0 Å². The van der Waals surface area contributed by atoms with Gasteiger partial charge >= 0.3 is 0 Å². The topological polar surface area (TPSA) is 82.9 Å². The Morgan fingerprint density at radius 2 is 2.17 bits per heavy atom. The molecule has 0 saturated carbocycles. The molecule has 23 heavy (non-hydrogen) atoms. The molecule has 7 heteroatoms. The SMILES string of the molecule is CC1=NNC(=O)[C@@H]1CCC(=O)NN=C/C(Cl)=C/c1ccccc1. The minimum atomic E-state index is -0.341. The minimum Gasteiger partial charge on any atom is -0.273 e. The summed E-state index contributed by atoms with van der Waals surface area (Å²) in [6.07, 6.45) is 3.68. The number of nitrogens with zero attached hydrogens (tertiary/aromatic N) is 2. The Labute approximate surface area is 139 Å². The molecule has 1 aromatic rings. The van der Waals surface area contributed by atoms with Crippen molar-refractivity contribution in [1.29, 1.82) is 0 Å². The van der Waals surface area contributed by atoms with Gasteiger partial charge in [0, 0.05) is 12.1 Å². The molecule has 2 N–H and O–H groups in total. The average Bonchev–Trinajstić information content (AvgIpc) is 2.85. The minimum absolute atomic E-state index is 0.173. The molecule has 6 nitrogen and oxygen atoms in total. The Morgan fingerprint density at radius 1 is 1.43 bits per heavy atom. The van der Waals surface area contributed by atoms with Gasteiger partial charge in [0.05, 0.1) is 17.2 Å². The van der Waals surface area contributed by atoms with Crippen LogP contribution in [0.5, 0.6) is 0 Å². The number of halogens is 1. The molecule has 1 heterocycles. The first-order valence-corrected chi connectivity index (χ1v) is 7.52. The van der Waals surface area contributed by atoms with Crippen molar-refractivity contribution in [3.63, 3.8) is 0 Å². The smallest absolute Gasteiger partial charge is 0.248 e. The van der Waals surface area contributed by atoms with Crippen LogP contribution in [0.1, 0.15) is 25.3 Å². The van der Waals surface area contributed by atoms with Crippen LogP contribution in [0.15, 0.2) is 45.6 Å². The van der Waals surface area contributed by atoms with E-state index in [0.29, 0.717) is 17.2 Å².